The largest absolute Gasteiger partial charge is 0.484 e. The fourth-order valence-electron chi connectivity index (χ4n) is 4.36. The Hall–Kier alpha value is -1.26. The van der Waals surface area contributed by atoms with Crippen molar-refractivity contribution in [3.05, 3.63) is 29.3 Å². The number of hydrogen-bond acceptors (Lipinski definition) is 3. The summed E-state index contributed by atoms with van der Waals surface area (Å²) in [6.07, 6.45) is 5.73. The zero-order chi connectivity index (χ0) is 16.4. The number of fused-ring (bicyclic) bond motifs is 2. The third-order valence-corrected chi connectivity index (χ3v) is 5.39. The first kappa shape index (κ1) is 19.1. The minimum absolute atomic E-state index is 0. The van der Waals surface area contributed by atoms with Crippen LogP contribution in [0.25, 0.3) is 0 Å². The first-order chi connectivity index (χ1) is 11.0. The molecule has 0 saturated heterocycles. The van der Waals surface area contributed by atoms with E-state index in [0.717, 1.165) is 24.2 Å². The maximum Gasteiger partial charge on any atom is 0.258 e. The van der Waals surface area contributed by atoms with Crippen LogP contribution >= 0.6 is 12.4 Å². The second-order valence-corrected chi connectivity index (χ2v) is 7.33. The molecule has 2 saturated carbocycles. The van der Waals surface area contributed by atoms with Gasteiger partial charge in [-0.05, 0) is 63.0 Å². The van der Waals surface area contributed by atoms with Gasteiger partial charge in [-0.15, -0.1) is 12.4 Å². The average molecular weight is 353 g/mol. The molecular formula is C19H29ClN2O2. The van der Waals surface area contributed by atoms with Gasteiger partial charge in [0.1, 0.15) is 5.75 Å². The van der Waals surface area contributed by atoms with Crippen LogP contribution in [0.3, 0.4) is 0 Å². The van der Waals surface area contributed by atoms with Crippen LogP contribution in [-0.2, 0) is 4.79 Å². The molecule has 0 aromatic heterocycles. The number of ether oxygens (including phenoxy) is 1. The number of carbonyl (C=O) groups is 1. The number of benzene rings is 1. The lowest BCUT2D eigenvalue weighted by molar-refractivity contribution is -0.125. The van der Waals surface area contributed by atoms with Gasteiger partial charge in [-0.2, -0.15) is 0 Å². The molecule has 3 rings (SSSR count). The summed E-state index contributed by atoms with van der Waals surface area (Å²) in [5.41, 5.74) is 8.41. The molecule has 2 atom stereocenters. The van der Waals surface area contributed by atoms with E-state index in [1.807, 2.05) is 19.1 Å². The van der Waals surface area contributed by atoms with Crippen molar-refractivity contribution >= 4 is 18.3 Å². The van der Waals surface area contributed by atoms with Crippen LogP contribution in [-0.4, -0.2) is 24.6 Å². The number of carbonyl (C=O) groups excluding carboxylic acids is 1. The summed E-state index contributed by atoms with van der Waals surface area (Å²) in [7, 11) is 0. The highest BCUT2D eigenvalue weighted by Gasteiger charge is 2.39. The second-order valence-electron chi connectivity index (χ2n) is 7.33. The lowest BCUT2D eigenvalue weighted by Gasteiger charge is -2.45. The number of amides is 1. The van der Waals surface area contributed by atoms with Crippen molar-refractivity contribution in [2.75, 3.05) is 6.61 Å². The lowest BCUT2D eigenvalue weighted by Crippen LogP contribution is -2.54. The molecule has 2 aliphatic carbocycles. The van der Waals surface area contributed by atoms with Gasteiger partial charge in [-0.25, -0.2) is 0 Å². The third kappa shape index (κ3) is 4.42. The van der Waals surface area contributed by atoms with Crippen molar-refractivity contribution in [2.24, 2.45) is 17.6 Å². The molecule has 5 heteroatoms. The molecule has 0 spiro atoms. The molecule has 134 valence electrons. The highest BCUT2D eigenvalue weighted by molar-refractivity contribution is 5.85. The van der Waals surface area contributed by atoms with E-state index in [2.05, 4.69) is 18.3 Å². The summed E-state index contributed by atoms with van der Waals surface area (Å²) in [5, 5.41) is 3.22. The number of halogens is 1. The highest BCUT2D eigenvalue weighted by Crippen LogP contribution is 2.39. The van der Waals surface area contributed by atoms with Crippen molar-refractivity contribution in [3.8, 4) is 5.75 Å². The van der Waals surface area contributed by atoms with Gasteiger partial charge >= 0.3 is 0 Å². The summed E-state index contributed by atoms with van der Waals surface area (Å²) in [6.45, 7) is 4.15. The van der Waals surface area contributed by atoms with Crippen molar-refractivity contribution in [1.29, 1.82) is 0 Å². The number of nitrogens with one attached hydrogen (secondary N) is 1. The zero-order valence-electron chi connectivity index (χ0n) is 14.6. The predicted octanol–water partition coefficient (Wildman–Crippen LogP) is 3.13. The average Bonchev–Trinajstić information content (AvgIpc) is 2.47. The Kier molecular flexibility index (Phi) is 6.53. The number of aryl methyl sites for hydroxylation is 2. The van der Waals surface area contributed by atoms with Gasteiger partial charge in [0, 0.05) is 12.1 Å². The number of nitrogens with two attached hydrogens (primary N) is 1. The van der Waals surface area contributed by atoms with Gasteiger partial charge in [-0.3, -0.25) is 4.79 Å². The van der Waals surface area contributed by atoms with Crippen molar-refractivity contribution < 1.29 is 9.53 Å². The van der Waals surface area contributed by atoms with Crippen LogP contribution in [0.4, 0.5) is 0 Å². The molecule has 1 aromatic rings. The van der Waals surface area contributed by atoms with Crippen LogP contribution in [0.15, 0.2) is 18.2 Å². The minimum Gasteiger partial charge on any atom is -0.484 e. The zero-order valence-corrected chi connectivity index (χ0v) is 15.4. The van der Waals surface area contributed by atoms with Crippen molar-refractivity contribution in [1.82, 2.24) is 5.32 Å². The Labute approximate surface area is 150 Å². The van der Waals surface area contributed by atoms with Gasteiger partial charge in [0.05, 0.1) is 0 Å². The Bertz CT molecular complexity index is 564. The van der Waals surface area contributed by atoms with E-state index in [4.69, 9.17) is 10.5 Å². The van der Waals surface area contributed by atoms with Gasteiger partial charge in [0.25, 0.3) is 5.91 Å². The summed E-state index contributed by atoms with van der Waals surface area (Å²) in [6, 6.07) is 6.61. The summed E-state index contributed by atoms with van der Waals surface area (Å²) in [5.74, 6) is 1.86. The Morgan fingerprint density at radius 2 is 1.92 bits per heavy atom. The van der Waals surface area contributed by atoms with E-state index in [-0.39, 0.29) is 24.9 Å². The SMILES string of the molecule is Cc1ccc(OCC(=O)NC2C3CCCC2CC(N)C3)c(C)c1.Cl. The molecule has 2 unspecified atom stereocenters. The van der Waals surface area contributed by atoms with Gasteiger partial charge in [0.2, 0.25) is 0 Å². The molecule has 0 radical (unpaired) electrons. The van der Waals surface area contributed by atoms with Crippen LogP contribution in [0.2, 0.25) is 0 Å². The summed E-state index contributed by atoms with van der Waals surface area (Å²) >= 11 is 0. The Morgan fingerprint density at radius 3 is 2.54 bits per heavy atom. The highest BCUT2D eigenvalue weighted by atomic mass is 35.5. The molecule has 4 nitrogen and oxygen atoms in total. The van der Waals surface area contributed by atoms with E-state index in [1.165, 1.54) is 24.8 Å². The third-order valence-electron chi connectivity index (χ3n) is 5.39. The summed E-state index contributed by atoms with van der Waals surface area (Å²) < 4.78 is 5.70. The van der Waals surface area contributed by atoms with Crippen LogP contribution in [0.1, 0.15) is 43.2 Å². The topological polar surface area (TPSA) is 64.3 Å². The fourth-order valence-corrected chi connectivity index (χ4v) is 4.36. The number of rotatable bonds is 4. The first-order valence-corrected chi connectivity index (χ1v) is 8.78. The van der Waals surface area contributed by atoms with Gasteiger partial charge in [0.15, 0.2) is 6.61 Å². The standard InChI is InChI=1S/C19H28N2O2.ClH/c1-12-6-7-17(13(2)8-12)23-11-18(22)21-19-14-4-3-5-15(19)10-16(20)9-14;/h6-8,14-16,19H,3-5,9-11,20H2,1-2H3,(H,21,22);1H. The predicted molar refractivity (Wildman–Crippen MR) is 98.6 cm³/mol. The van der Waals surface area contributed by atoms with Gasteiger partial charge in [-0.1, -0.05) is 24.1 Å². The molecular weight excluding hydrogens is 324 g/mol. The van der Waals surface area contributed by atoms with E-state index >= 15 is 0 Å². The monoisotopic (exact) mass is 352 g/mol. The van der Waals surface area contributed by atoms with E-state index in [1.54, 1.807) is 0 Å². The van der Waals surface area contributed by atoms with Gasteiger partial charge < -0.3 is 15.8 Å². The van der Waals surface area contributed by atoms with Crippen LogP contribution in [0, 0.1) is 25.7 Å². The Morgan fingerprint density at radius 1 is 1.25 bits per heavy atom. The lowest BCUT2D eigenvalue weighted by atomic mass is 9.67. The second kappa shape index (κ2) is 8.21. The molecule has 2 aliphatic rings. The molecule has 24 heavy (non-hydrogen) atoms. The minimum atomic E-state index is -0.0117. The number of hydrogen-bond donors (Lipinski definition) is 2. The quantitative estimate of drug-likeness (QED) is 0.875. The van der Waals surface area contributed by atoms with E-state index < -0.39 is 0 Å². The van der Waals surface area contributed by atoms with E-state index in [0.29, 0.717) is 23.9 Å². The maximum atomic E-state index is 12.3. The molecule has 2 fully saturated rings. The maximum absolute atomic E-state index is 12.3. The first-order valence-electron chi connectivity index (χ1n) is 8.78. The van der Waals surface area contributed by atoms with Crippen molar-refractivity contribution in [3.63, 3.8) is 0 Å². The molecule has 0 aliphatic heterocycles. The Balaban J connectivity index is 0.00000208. The van der Waals surface area contributed by atoms with Crippen LogP contribution in [0.5, 0.6) is 5.75 Å². The van der Waals surface area contributed by atoms with E-state index in [9.17, 15) is 4.79 Å². The normalized spacial score (nSPS) is 28.6. The van der Waals surface area contributed by atoms with Crippen molar-refractivity contribution in [2.45, 2.75) is 58.0 Å². The molecule has 2 bridgehead atoms. The summed E-state index contributed by atoms with van der Waals surface area (Å²) in [4.78, 5) is 12.3. The molecule has 0 heterocycles. The molecule has 3 N–H and O–H groups in total. The fraction of sp³-hybridized carbons (Fsp3) is 0.632. The molecule has 1 aromatic carbocycles. The molecule has 1 amide bonds. The smallest absolute Gasteiger partial charge is 0.258 e. The van der Waals surface area contributed by atoms with Crippen LogP contribution < -0.4 is 15.8 Å².